The van der Waals surface area contributed by atoms with Crippen molar-refractivity contribution in [2.75, 3.05) is 0 Å². The first-order valence-electron chi connectivity index (χ1n) is 5.65. The van der Waals surface area contributed by atoms with Gasteiger partial charge in [0, 0.05) is 23.6 Å². The molecule has 1 N–H and O–H groups in total. The molecule has 0 amide bonds. The van der Waals surface area contributed by atoms with E-state index in [0.29, 0.717) is 5.56 Å². The number of benzene rings is 1. The Kier molecular flexibility index (Phi) is 3.28. The molecule has 0 aliphatic rings. The second-order valence-corrected chi connectivity index (χ2v) is 4.02. The van der Waals surface area contributed by atoms with Crippen LogP contribution in [0.15, 0.2) is 43.1 Å². The summed E-state index contributed by atoms with van der Waals surface area (Å²) < 4.78 is 2.14. The maximum absolute atomic E-state index is 10.8. The minimum absolute atomic E-state index is 0.335. The standard InChI is InChI=1S/C14H15NO2/c1-2-3-4-8-15-9-7-11-10-12(14(16)17)5-6-13(11)15/h2,5-7,9-10H,1,3-4,8H2,(H,16,17). The van der Waals surface area contributed by atoms with Gasteiger partial charge in [-0.05, 0) is 37.1 Å². The lowest BCUT2D eigenvalue weighted by Crippen LogP contribution is -1.97. The van der Waals surface area contributed by atoms with Crippen molar-refractivity contribution < 1.29 is 9.90 Å². The van der Waals surface area contributed by atoms with Crippen LogP contribution in [0.4, 0.5) is 0 Å². The largest absolute Gasteiger partial charge is 0.478 e. The number of unbranched alkanes of at least 4 members (excludes halogenated alkanes) is 1. The molecule has 0 unspecified atom stereocenters. The summed E-state index contributed by atoms with van der Waals surface area (Å²) in [5.74, 6) is -0.883. The van der Waals surface area contributed by atoms with Gasteiger partial charge in [-0.25, -0.2) is 4.79 Å². The highest BCUT2D eigenvalue weighted by molar-refractivity contribution is 5.93. The lowest BCUT2D eigenvalue weighted by atomic mass is 10.1. The molecule has 0 fully saturated rings. The van der Waals surface area contributed by atoms with Gasteiger partial charge in [-0.1, -0.05) is 6.08 Å². The van der Waals surface area contributed by atoms with Crippen molar-refractivity contribution in [2.45, 2.75) is 19.4 Å². The first-order valence-corrected chi connectivity index (χ1v) is 5.65. The Labute approximate surface area is 100.0 Å². The average Bonchev–Trinajstić information content (AvgIpc) is 2.72. The molecule has 0 bridgehead atoms. The predicted octanol–water partition coefficient (Wildman–Crippen LogP) is 3.31. The van der Waals surface area contributed by atoms with E-state index < -0.39 is 5.97 Å². The third-order valence-corrected chi connectivity index (χ3v) is 2.83. The third-order valence-electron chi connectivity index (χ3n) is 2.83. The molecule has 0 spiro atoms. The number of rotatable bonds is 5. The fourth-order valence-electron chi connectivity index (χ4n) is 1.93. The van der Waals surface area contributed by atoms with Crippen LogP contribution in [0.2, 0.25) is 0 Å². The van der Waals surface area contributed by atoms with E-state index in [2.05, 4.69) is 11.1 Å². The monoisotopic (exact) mass is 229 g/mol. The van der Waals surface area contributed by atoms with E-state index in [1.165, 1.54) is 0 Å². The van der Waals surface area contributed by atoms with Crippen molar-refractivity contribution >= 4 is 16.9 Å². The van der Waals surface area contributed by atoms with Crippen LogP contribution in [0.3, 0.4) is 0 Å². The van der Waals surface area contributed by atoms with Crippen molar-refractivity contribution in [1.29, 1.82) is 0 Å². The molecule has 0 saturated carbocycles. The number of hydrogen-bond acceptors (Lipinski definition) is 1. The summed E-state index contributed by atoms with van der Waals surface area (Å²) in [5.41, 5.74) is 1.42. The number of hydrogen-bond donors (Lipinski definition) is 1. The van der Waals surface area contributed by atoms with Crippen LogP contribution in [-0.4, -0.2) is 15.6 Å². The number of carboxylic acids is 1. The third kappa shape index (κ3) is 2.38. The van der Waals surface area contributed by atoms with Gasteiger partial charge in [-0.15, -0.1) is 6.58 Å². The molecular weight excluding hydrogens is 214 g/mol. The molecule has 1 aromatic carbocycles. The molecule has 0 radical (unpaired) electrons. The predicted molar refractivity (Wildman–Crippen MR) is 68.3 cm³/mol. The number of nitrogens with zero attached hydrogens (tertiary/aromatic N) is 1. The van der Waals surface area contributed by atoms with Gasteiger partial charge >= 0.3 is 5.97 Å². The van der Waals surface area contributed by atoms with Gasteiger partial charge < -0.3 is 9.67 Å². The van der Waals surface area contributed by atoms with Gasteiger partial charge in [0.25, 0.3) is 0 Å². The van der Waals surface area contributed by atoms with E-state index in [9.17, 15) is 4.79 Å². The van der Waals surface area contributed by atoms with Crippen molar-refractivity contribution in [3.05, 3.63) is 48.7 Å². The van der Waals surface area contributed by atoms with Gasteiger partial charge in [0.2, 0.25) is 0 Å². The highest BCUT2D eigenvalue weighted by atomic mass is 16.4. The van der Waals surface area contributed by atoms with E-state index in [0.717, 1.165) is 30.3 Å². The fraction of sp³-hybridized carbons (Fsp3) is 0.214. The zero-order valence-electron chi connectivity index (χ0n) is 9.60. The van der Waals surface area contributed by atoms with Crippen LogP contribution < -0.4 is 0 Å². The molecule has 17 heavy (non-hydrogen) atoms. The Hall–Kier alpha value is -2.03. The molecule has 0 atom stereocenters. The minimum Gasteiger partial charge on any atom is -0.478 e. The smallest absolute Gasteiger partial charge is 0.335 e. The van der Waals surface area contributed by atoms with Crippen LogP contribution in [0, 0.1) is 0 Å². The first-order chi connectivity index (χ1) is 8.22. The molecule has 0 saturated heterocycles. The van der Waals surface area contributed by atoms with E-state index in [1.54, 1.807) is 12.1 Å². The molecule has 0 aliphatic heterocycles. The van der Waals surface area contributed by atoms with Gasteiger partial charge in [-0.3, -0.25) is 0 Å². The molecule has 1 aromatic heterocycles. The van der Waals surface area contributed by atoms with Crippen LogP contribution in [-0.2, 0) is 6.54 Å². The Morgan fingerprint density at radius 3 is 2.94 bits per heavy atom. The van der Waals surface area contributed by atoms with E-state index >= 15 is 0 Å². The molecule has 88 valence electrons. The summed E-state index contributed by atoms with van der Waals surface area (Å²) in [6.45, 7) is 4.63. The number of aromatic nitrogens is 1. The zero-order chi connectivity index (χ0) is 12.3. The Morgan fingerprint density at radius 1 is 1.41 bits per heavy atom. The molecule has 3 heteroatoms. The van der Waals surface area contributed by atoms with Crippen LogP contribution in [0.1, 0.15) is 23.2 Å². The van der Waals surface area contributed by atoms with Gasteiger partial charge in [0.1, 0.15) is 0 Å². The molecule has 2 aromatic rings. The number of aryl methyl sites for hydroxylation is 1. The Bertz CT molecular complexity index is 554. The highest BCUT2D eigenvalue weighted by Crippen LogP contribution is 2.18. The molecule has 1 heterocycles. The maximum Gasteiger partial charge on any atom is 0.335 e. The Balaban J connectivity index is 2.28. The van der Waals surface area contributed by atoms with Gasteiger partial charge in [0.15, 0.2) is 0 Å². The normalized spacial score (nSPS) is 10.6. The quantitative estimate of drug-likeness (QED) is 0.631. The van der Waals surface area contributed by atoms with Crippen LogP contribution in [0.5, 0.6) is 0 Å². The average molecular weight is 229 g/mol. The van der Waals surface area contributed by atoms with Crippen molar-refractivity contribution in [3.63, 3.8) is 0 Å². The molecule has 3 nitrogen and oxygen atoms in total. The van der Waals surface area contributed by atoms with Crippen molar-refractivity contribution in [1.82, 2.24) is 4.57 Å². The summed E-state index contributed by atoms with van der Waals surface area (Å²) in [7, 11) is 0. The number of carbonyl (C=O) groups is 1. The SMILES string of the molecule is C=CCCCn1ccc2cc(C(=O)O)ccc21. The number of aromatic carboxylic acids is 1. The van der Waals surface area contributed by atoms with Crippen LogP contribution >= 0.6 is 0 Å². The fourth-order valence-corrected chi connectivity index (χ4v) is 1.93. The molecule has 0 aliphatic carbocycles. The highest BCUT2D eigenvalue weighted by Gasteiger charge is 2.06. The number of carboxylic acid groups (broad SMARTS) is 1. The van der Waals surface area contributed by atoms with E-state index in [-0.39, 0.29) is 0 Å². The topological polar surface area (TPSA) is 42.2 Å². The van der Waals surface area contributed by atoms with Crippen LogP contribution in [0.25, 0.3) is 10.9 Å². The molecule has 2 rings (SSSR count). The maximum atomic E-state index is 10.8. The summed E-state index contributed by atoms with van der Waals surface area (Å²) in [6, 6.07) is 7.18. The summed E-state index contributed by atoms with van der Waals surface area (Å²) >= 11 is 0. The van der Waals surface area contributed by atoms with Crippen molar-refractivity contribution in [2.24, 2.45) is 0 Å². The van der Waals surface area contributed by atoms with E-state index in [4.69, 9.17) is 5.11 Å². The zero-order valence-corrected chi connectivity index (χ0v) is 9.60. The lowest BCUT2D eigenvalue weighted by molar-refractivity contribution is 0.0697. The Morgan fingerprint density at radius 2 is 2.24 bits per heavy atom. The second kappa shape index (κ2) is 4.87. The number of fused-ring (bicyclic) bond motifs is 1. The first kappa shape index (κ1) is 11.5. The minimum atomic E-state index is -0.883. The lowest BCUT2D eigenvalue weighted by Gasteiger charge is -2.04. The van der Waals surface area contributed by atoms with Gasteiger partial charge in [0.05, 0.1) is 5.56 Å². The summed E-state index contributed by atoms with van der Waals surface area (Å²) in [4.78, 5) is 10.8. The molecular formula is C14H15NO2. The van der Waals surface area contributed by atoms with Crippen molar-refractivity contribution in [3.8, 4) is 0 Å². The summed E-state index contributed by atoms with van der Waals surface area (Å²) in [5, 5.41) is 9.88. The van der Waals surface area contributed by atoms with E-state index in [1.807, 2.05) is 24.4 Å². The number of allylic oxidation sites excluding steroid dienone is 1. The van der Waals surface area contributed by atoms with Gasteiger partial charge in [-0.2, -0.15) is 0 Å². The summed E-state index contributed by atoms with van der Waals surface area (Å²) in [6.07, 6.45) is 5.95. The second-order valence-electron chi connectivity index (χ2n) is 4.02.